The van der Waals surface area contributed by atoms with Crippen LogP contribution in [0.25, 0.3) is 33.9 Å². The molecule has 1 saturated heterocycles. The zero-order valence-electron chi connectivity index (χ0n) is 15.5. The first-order valence-corrected chi connectivity index (χ1v) is 9.69. The van der Waals surface area contributed by atoms with Gasteiger partial charge in [-0.1, -0.05) is 30.3 Å². The molecule has 28 heavy (non-hydrogen) atoms. The number of imidazole rings is 1. The van der Waals surface area contributed by atoms with Gasteiger partial charge in [0.05, 0.1) is 24.1 Å². The van der Waals surface area contributed by atoms with Gasteiger partial charge in [-0.2, -0.15) is 5.10 Å². The topological polar surface area (TPSA) is 71.4 Å². The minimum atomic E-state index is 0.481. The van der Waals surface area contributed by atoms with Gasteiger partial charge in [0.15, 0.2) is 5.82 Å². The van der Waals surface area contributed by atoms with Crippen LogP contribution in [0.2, 0.25) is 0 Å². The number of H-pyrrole nitrogens is 1. The SMILES string of the molecule is c1ccc(-c2cnc(-c3cc(-c4cnn(C5CCNCC5)c4)ccn3)[nH]2)cc1. The largest absolute Gasteiger partial charge is 0.337 e. The summed E-state index contributed by atoms with van der Waals surface area (Å²) in [6.45, 7) is 2.11. The smallest absolute Gasteiger partial charge is 0.156 e. The Morgan fingerprint density at radius 1 is 0.893 bits per heavy atom. The predicted molar refractivity (Wildman–Crippen MR) is 110 cm³/mol. The Hall–Kier alpha value is -3.25. The number of pyridine rings is 1. The summed E-state index contributed by atoms with van der Waals surface area (Å²) in [6.07, 6.45) is 10.0. The summed E-state index contributed by atoms with van der Waals surface area (Å²) in [4.78, 5) is 12.4. The number of aromatic amines is 1. The maximum atomic E-state index is 4.61. The van der Waals surface area contributed by atoms with Crippen molar-refractivity contribution in [3.05, 3.63) is 67.3 Å². The van der Waals surface area contributed by atoms with Crippen LogP contribution in [0.15, 0.2) is 67.3 Å². The lowest BCUT2D eigenvalue weighted by molar-refractivity contribution is 0.343. The van der Waals surface area contributed by atoms with Gasteiger partial charge in [0.1, 0.15) is 5.69 Å². The number of benzene rings is 1. The molecule has 1 fully saturated rings. The molecule has 0 radical (unpaired) electrons. The van der Waals surface area contributed by atoms with E-state index in [4.69, 9.17) is 0 Å². The van der Waals surface area contributed by atoms with Crippen molar-refractivity contribution >= 4 is 0 Å². The van der Waals surface area contributed by atoms with Crippen molar-refractivity contribution in [1.29, 1.82) is 0 Å². The Labute approximate surface area is 163 Å². The summed E-state index contributed by atoms with van der Waals surface area (Å²) in [5, 5.41) is 8.01. The minimum Gasteiger partial charge on any atom is -0.337 e. The highest BCUT2D eigenvalue weighted by atomic mass is 15.3. The van der Waals surface area contributed by atoms with Gasteiger partial charge in [0, 0.05) is 18.0 Å². The molecule has 0 aliphatic carbocycles. The van der Waals surface area contributed by atoms with Crippen LogP contribution in [-0.4, -0.2) is 37.8 Å². The van der Waals surface area contributed by atoms with Crippen molar-refractivity contribution in [3.63, 3.8) is 0 Å². The first kappa shape index (κ1) is 16.9. The molecule has 5 rings (SSSR count). The lowest BCUT2D eigenvalue weighted by Crippen LogP contribution is -2.29. The van der Waals surface area contributed by atoms with Crippen LogP contribution in [0.1, 0.15) is 18.9 Å². The normalized spacial score (nSPS) is 15.0. The molecule has 0 atom stereocenters. The van der Waals surface area contributed by atoms with E-state index in [1.165, 1.54) is 0 Å². The monoisotopic (exact) mass is 370 g/mol. The highest BCUT2D eigenvalue weighted by Crippen LogP contribution is 2.26. The van der Waals surface area contributed by atoms with E-state index in [1.807, 2.05) is 42.9 Å². The fraction of sp³-hybridized carbons (Fsp3) is 0.227. The van der Waals surface area contributed by atoms with Gasteiger partial charge in [0.25, 0.3) is 0 Å². The van der Waals surface area contributed by atoms with Crippen LogP contribution in [0.5, 0.6) is 0 Å². The lowest BCUT2D eigenvalue weighted by atomic mass is 10.1. The molecule has 1 aliphatic rings. The fourth-order valence-electron chi connectivity index (χ4n) is 3.71. The summed E-state index contributed by atoms with van der Waals surface area (Å²) in [7, 11) is 0. The number of aromatic nitrogens is 5. The van der Waals surface area contributed by atoms with E-state index in [-0.39, 0.29) is 0 Å². The second kappa shape index (κ2) is 7.40. The van der Waals surface area contributed by atoms with Crippen molar-refractivity contribution in [2.24, 2.45) is 0 Å². The highest BCUT2D eigenvalue weighted by molar-refractivity contribution is 5.68. The van der Waals surface area contributed by atoms with E-state index < -0.39 is 0 Å². The number of nitrogens with one attached hydrogen (secondary N) is 2. The van der Waals surface area contributed by atoms with E-state index in [0.717, 1.165) is 59.8 Å². The second-order valence-electron chi connectivity index (χ2n) is 7.13. The Morgan fingerprint density at radius 3 is 2.61 bits per heavy atom. The molecular formula is C22H22N6. The van der Waals surface area contributed by atoms with E-state index in [2.05, 4.69) is 54.4 Å². The molecule has 0 spiro atoms. The number of rotatable bonds is 4. The molecule has 0 bridgehead atoms. The molecular weight excluding hydrogens is 348 g/mol. The van der Waals surface area contributed by atoms with E-state index in [9.17, 15) is 0 Å². The molecule has 1 aromatic carbocycles. The molecule has 0 amide bonds. The molecule has 0 saturated carbocycles. The van der Waals surface area contributed by atoms with Crippen LogP contribution in [-0.2, 0) is 0 Å². The van der Waals surface area contributed by atoms with Gasteiger partial charge < -0.3 is 10.3 Å². The quantitative estimate of drug-likeness (QED) is 0.571. The molecule has 3 aromatic heterocycles. The summed E-state index contributed by atoms with van der Waals surface area (Å²) in [5.74, 6) is 0.770. The van der Waals surface area contributed by atoms with Gasteiger partial charge >= 0.3 is 0 Å². The number of piperidine rings is 1. The van der Waals surface area contributed by atoms with Crippen molar-refractivity contribution in [3.8, 4) is 33.9 Å². The molecule has 4 heterocycles. The standard InChI is InChI=1S/C22H22N6/c1-2-4-16(5-3-1)21-14-25-22(27-21)20-12-17(6-11-24-20)18-13-26-28(15-18)19-7-9-23-10-8-19/h1-6,11-15,19,23H,7-10H2,(H,25,27). The second-order valence-corrected chi connectivity index (χ2v) is 7.13. The van der Waals surface area contributed by atoms with E-state index >= 15 is 0 Å². The third-order valence-corrected chi connectivity index (χ3v) is 5.28. The van der Waals surface area contributed by atoms with Crippen molar-refractivity contribution in [2.45, 2.75) is 18.9 Å². The summed E-state index contributed by atoms with van der Waals surface area (Å²) in [5.41, 5.74) is 5.14. The number of hydrogen-bond acceptors (Lipinski definition) is 4. The zero-order chi connectivity index (χ0) is 18.8. The first-order chi connectivity index (χ1) is 13.9. The van der Waals surface area contributed by atoms with Gasteiger partial charge in [-0.05, 0) is 49.2 Å². The highest BCUT2D eigenvalue weighted by Gasteiger charge is 2.16. The van der Waals surface area contributed by atoms with Crippen LogP contribution in [0.4, 0.5) is 0 Å². The van der Waals surface area contributed by atoms with Crippen molar-refractivity contribution < 1.29 is 0 Å². The average Bonchev–Trinajstić information content (AvgIpc) is 3.46. The molecule has 1 aliphatic heterocycles. The van der Waals surface area contributed by atoms with Crippen LogP contribution < -0.4 is 5.32 Å². The maximum absolute atomic E-state index is 4.61. The molecule has 140 valence electrons. The Kier molecular flexibility index (Phi) is 4.47. The fourth-order valence-corrected chi connectivity index (χ4v) is 3.71. The van der Waals surface area contributed by atoms with Crippen LogP contribution in [0, 0.1) is 0 Å². The van der Waals surface area contributed by atoms with E-state index in [1.54, 1.807) is 0 Å². The maximum Gasteiger partial charge on any atom is 0.156 e. The Morgan fingerprint density at radius 2 is 1.75 bits per heavy atom. The van der Waals surface area contributed by atoms with Gasteiger partial charge in [-0.3, -0.25) is 9.67 Å². The summed E-state index contributed by atoms with van der Waals surface area (Å²) >= 11 is 0. The van der Waals surface area contributed by atoms with Crippen molar-refractivity contribution in [1.82, 2.24) is 30.0 Å². The van der Waals surface area contributed by atoms with Gasteiger partial charge in [-0.15, -0.1) is 0 Å². The number of hydrogen-bond donors (Lipinski definition) is 2. The Balaban J connectivity index is 1.41. The molecule has 0 unspecified atom stereocenters. The summed E-state index contributed by atoms with van der Waals surface area (Å²) < 4.78 is 2.11. The molecule has 4 aromatic rings. The zero-order valence-corrected chi connectivity index (χ0v) is 15.5. The lowest BCUT2D eigenvalue weighted by Gasteiger charge is -2.22. The predicted octanol–water partition coefficient (Wildman–Crippen LogP) is 3.93. The molecule has 6 heteroatoms. The average molecular weight is 370 g/mol. The van der Waals surface area contributed by atoms with Gasteiger partial charge in [0.2, 0.25) is 0 Å². The Bertz CT molecular complexity index is 1060. The first-order valence-electron chi connectivity index (χ1n) is 9.69. The summed E-state index contributed by atoms with van der Waals surface area (Å²) in [6, 6.07) is 14.8. The number of nitrogens with zero attached hydrogens (tertiary/aromatic N) is 4. The van der Waals surface area contributed by atoms with Crippen LogP contribution in [0.3, 0.4) is 0 Å². The van der Waals surface area contributed by atoms with Crippen LogP contribution >= 0.6 is 0 Å². The minimum absolute atomic E-state index is 0.481. The van der Waals surface area contributed by atoms with E-state index in [0.29, 0.717) is 6.04 Å². The molecule has 2 N–H and O–H groups in total. The third-order valence-electron chi connectivity index (χ3n) is 5.28. The third kappa shape index (κ3) is 3.34. The molecule has 6 nitrogen and oxygen atoms in total. The van der Waals surface area contributed by atoms with Crippen molar-refractivity contribution in [2.75, 3.05) is 13.1 Å². The van der Waals surface area contributed by atoms with Gasteiger partial charge in [-0.25, -0.2) is 4.98 Å².